The monoisotopic (exact) mass is 600 g/mol. The molecule has 0 aliphatic heterocycles. The third kappa shape index (κ3) is 8.28. The van der Waals surface area contributed by atoms with Crippen LogP contribution in [0.1, 0.15) is 30.5 Å². The summed E-state index contributed by atoms with van der Waals surface area (Å²) in [6.45, 7) is 2.78. The van der Waals surface area contributed by atoms with Crippen LogP contribution < -0.4 is 14.8 Å². The molecule has 14 heteroatoms. The van der Waals surface area contributed by atoms with Gasteiger partial charge in [-0.3, -0.25) is 5.21 Å². The van der Waals surface area contributed by atoms with E-state index in [2.05, 4.69) is 14.8 Å². The Balaban J connectivity index is 2.28. The van der Waals surface area contributed by atoms with Crippen molar-refractivity contribution in [1.82, 2.24) is 10.4 Å². The lowest BCUT2D eigenvalue weighted by Crippen LogP contribution is -2.56. The third-order valence-electron chi connectivity index (χ3n) is 5.93. The highest BCUT2D eigenvalue weighted by molar-refractivity contribution is 5.83. The Hall–Kier alpha value is -4.46. The minimum atomic E-state index is -5.10. The molecular weight excluding hydrogens is 574 g/mol. The van der Waals surface area contributed by atoms with Crippen LogP contribution in [0.3, 0.4) is 0 Å². The lowest BCUT2D eigenvalue weighted by molar-refractivity contribution is -0.275. The number of carbonyl (C=O) groups excluding carboxylic acids is 2. The van der Waals surface area contributed by atoms with Crippen molar-refractivity contribution in [3.63, 3.8) is 0 Å². The first-order valence-electron chi connectivity index (χ1n) is 12.4. The van der Waals surface area contributed by atoms with Gasteiger partial charge in [0.1, 0.15) is 23.1 Å². The van der Waals surface area contributed by atoms with Crippen molar-refractivity contribution < 1.29 is 55.3 Å². The van der Waals surface area contributed by atoms with Crippen molar-refractivity contribution >= 4 is 12.0 Å². The number of ether oxygens (including phenoxy) is 3. The Morgan fingerprint density at radius 2 is 1.33 bits per heavy atom. The van der Waals surface area contributed by atoms with Crippen molar-refractivity contribution in [3.8, 4) is 11.5 Å². The highest BCUT2D eigenvalue weighted by atomic mass is 19.4. The van der Waals surface area contributed by atoms with Crippen LogP contribution in [-0.2, 0) is 21.5 Å². The van der Waals surface area contributed by atoms with Gasteiger partial charge < -0.3 is 19.5 Å². The summed E-state index contributed by atoms with van der Waals surface area (Å²) in [4.78, 5) is 25.6. The topological polar surface area (TPSA) is 97.3 Å². The Morgan fingerprint density at radius 1 is 0.833 bits per heavy atom. The molecule has 8 nitrogen and oxygen atoms in total. The second-order valence-corrected chi connectivity index (χ2v) is 8.91. The van der Waals surface area contributed by atoms with Crippen LogP contribution >= 0.6 is 0 Å². The summed E-state index contributed by atoms with van der Waals surface area (Å²) >= 11 is 0. The quantitative estimate of drug-likeness (QED) is 0.122. The fourth-order valence-corrected chi connectivity index (χ4v) is 4.23. The maximum Gasteiger partial charge on any atom is 0.573 e. The predicted molar refractivity (Wildman–Crippen MR) is 135 cm³/mol. The van der Waals surface area contributed by atoms with Gasteiger partial charge in [0.2, 0.25) is 0 Å². The van der Waals surface area contributed by atoms with E-state index in [1.807, 2.05) is 0 Å². The summed E-state index contributed by atoms with van der Waals surface area (Å²) < 4.78 is 91.6. The summed E-state index contributed by atoms with van der Waals surface area (Å²) in [7, 11) is 0. The number of benzene rings is 3. The van der Waals surface area contributed by atoms with Gasteiger partial charge in [-0.1, -0.05) is 54.6 Å². The van der Waals surface area contributed by atoms with Crippen molar-refractivity contribution in [2.75, 3.05) is 6.61 Å². The van der Waals surface area contributed by atoms with Crippen molar-refractivity contribution in [2.24, 2.45) is 0 Å². The highest BCUT2D eigenvalue weighted by Crippen LogP contribution is 2.42. The van der Waals surface area contributed by atoms with Gasteiger partial charge in [0.15, 0.2) is 0 Å². The van der Waals surface area contributed by atoms with Gasteiger partial charge in [0.25, 0.3) is 0 Å². The average molecular weight is 601 g/mol. The minimum absolute atomic E-state index is 0.0160. The molecule has 0 unspecified atom stereocenters. The zero-order valence-corrected chi connectivity index (χ0v) is 22.2. The molecule has 2 N–H and O–H groups in total. The van der Waals surface area contributed by atoms with E-state index in [0.29, 0.717) is 5.56 Å². The van der Waals surface area contributed by atoms with Crippen molar-refractivity contribution in [3.05, 3.63) is 95.6 Å². The maximum atomic E-state index is 13.4. The highest BCUT2D eigenvalue weighted by Gasteiger charge is 2.45. The SMILES string of the molecule is CCOC(=O)[C@H](C)NC(=O)N(O)C(Cc1ccccc1)(c1cccc(OC(F)(F)F)c1)c1cccc(OC(F)(F)F)c1. The third-order valence-corrected chi connectivity index (χ3v) is 5.93. The van der Waals surface area contributed by atoms with E-state index < -0.39 is 47.8 Å². The van der Waals surface area contributed by atoms with Crippen LogP contribution in [0.5, 0.6) is 11.5 Å². The lowest BCUT2D eigenvalue weighted by Gasteiger charge is -2.41. The Bertz CT molecular complexity index is 1310. The standard InChI is InChI=1S/C28H26F6N2O6/c1-3-40-24(37)18(2)35-25(38)36(39)26(17-19-9-5-4-6-10-19,20-11-7-13-22(15-20)41-27(29,30)31)21-12-8-14-23(16-21)42-28(32,33)34/h4-16,18,39H,3,17H2,1-2H3,(H,35,38)/t18-/m0/s1. The lowest BCUT2D eigenvalue weighted by atomic mass is 9.77. The van der Waals surface area contributed by atoms with Crippen LogP contribution in [0.2, 0.25) is 0 Å². The number of amides is 2. The second-order valence-electron chi connectivity index (χ2n) is 8.91. The minimum Gasteiger partial charge on any atom is -0.464 e. The number of halogens is 6. The first kappa shape index (κ1) is 32.1. The summed E-state index contributed by atoms with van der Waals surface area (Å²) in [6.07, 6.45) is -10.6. The molecule has 1 atom stereocenters. The van der Waals surface area contributed by atoms with Gasteiger partial charge in [0.05, 0.1) is 6.61 Å². The van der Waals surface area contributed by atoms with E-state index in [-0.39, 0.29) is 29.2 Å². The van der Waals surface area contributed by atoms with Gasteiger partial charge in [-0.2, -0.15) is 5.06 Å². The Kier molecular flexibility index (Phi) is 9.94. The van der Waals surface area contributed by atoms with E-state index in [9.17, 15) is 41.1 Å². The molecule has 0 aromatic heterocycles. The molecule has 0 aliphatic rings. The number of nitrogens with zero attached hydrogens (tertiary/aromatic N) is 1. The number of esters is 1. The van der Waals surface area contributed by atoms with E-state index in [0.717, 1.165) is 36.4 Å². The Labute approximate surface area is 236 Å². The van der Waals surface area contributed by atoms with Crippen LogP contribution in [-0.4, -0.2) is 47.6 Å². The molecule has 0 saturated carbocycles. The number of hydroxylamine groups is 2. The second kappa shape index (κ2) is 13.0. The van der Waals surface area contributed by atoms with Gasteiger partial charge in [-0.15, -0.1) is 26.3 Å². The Morgan fingerprint density at radius 3 is 1.79 bits per heavy atom. The molecule has 3 rings (SSSR count). The predicted octanol–water partition coefficient (Wildman–Crippen LogP) is 6.32. The molecule has 0 fully saturated rings. The largest absolute Gasteiger partial charge is 0.573 e. The molecule has 0 radical (unpaired) electrons. The maximum absolute atomic E-state index is 13.4. The molecule has 3 aromatic carbocycles. The van der Waals surface area contributed by atoms with Crippen LogP contribution in [0.25, 0.3) is 0 Å². The molecule has 0 spiro atoms. The molecular formula is C28H26F6N2O6. The summed E-state index contributed by atoms with van der Waals surface area (Å²) in [5, 5.41) is 13.9. The van der Waals surface area contributed by atoms with Crippen LogP contribution in [0, 0.1) is 0 Å². The van der Waals surface area contributed by atoms with Crippen molar-refractivity contribution in [1.29, 1.82) is 0 Å². The molecule has 3 aromatic rings. The van der Waals surface area contributed by atoms with E-state index in [1.54, 1.807) is 30.3 Å². The molecule has 226 valence electrons. The molecule has 42 heavy (non-hydrogen) atoms. The number of nitrogens with one attached hydrogen (secondary N) is 1. The van der Waals surface area contributed by atoms with Gasteiger partial charge >= 0.3 is 24.7 Å². The van der Waals surface area contributed by atoms with Crippen molar-refractivity contribution in [2.45, 2.75) is 44.6 Å². The normalized spacial score (nSPS) is 12.7. The fourth-order valence-electron chi connectivity index (χ4n) is 4.23. The van der Waals surface area contributed by atoms with E-state index in [1.165, 1.54) is 26.0 Å². The zero-order valence-electron chi connectivity index (χ0n) is 22.2. The fraction of sp³-hybridized carbons (Fsp3) is 0.286. The van der Waals surface area contributed by atoms with Gasteiger partial charge in [0, 0.05) is 6.42 Å². The van der Waals surface area contributed by atoms with E-state index >= 15 is 0 Å². The average Bonchev–Trinajstić information content (AvgIpc) is 2.90. The van der Waals surface area contributed by atoms with Gasteiger partial charge in [-0.25, -0.2) is 9.59 Å². The summed E-state index contributed by atoms with van der Waals surface area (Å²) in [6, 6.07) is 14.0. The number of carbonyl (C=O) groups is 2. The first-order chi connectivity index (χ1) is 19.6. The first-order valence-corrected chi connectivity index (χ1v) is 12.4. The smallest absolute Gasteiger partial charge is 0.464 e. The number of hydrogen-bond donors (Lipinski definition) is 2. The van der Waals surface area contributed by atoms with Crippen LogP contribution in [0.15, 0.2) is 78.9 Å². The molecule has 2 amide bonds. The van der Waals surface area contributed by atoms with E-state index in [4.69, 9.17) is 4.74 Å². The van der Waals surface area contributed by atoms with Crippen LogP contribution in [0.4, 0.5) is 31.1 Å². The molecule has 0 aliphatic carbocycles. The summed E-state index contributed by atoms with van der Waals surface area (Å²) in [5.74, 6) is -2.31. The molecule has 0 heterocycles. The molecule has 0 bridgehead atoms. The number of alkyl halides is 6. The summed E-state index contributed by atoms with van der Waals surface area (Å²) in [5.41, 5.74) is -2.14. The zero-order chi connectivity index (χ0) is 31.1. The molecule has 0 saturated heterocycles. The van der Waals surface area contributed by atoms with Gasteiger partial charge in [-0.05, 0) is 54.8 Å². The number of hydrogen-bond acceptors (Lipinski definition) is 6. The number of urea groups is 1. The number of rotatable bonds is 10.